The zero-order valence-electron chi connectivity index (χ0n) is 12.7. The topological polar surface area (TPSA) is 46.9 Å². The molecule has 4 nitrogen and oxygen atoms in total. The van der Waals surface area contributed by atoms with Gasteiger partial charge in [-0.25, -0.2) is 4.68 Å². The number of benzene rings is 1. The Bertz CT molecular complexity index is 881. The number of amides is 1. The van der Waals surface area contributed by atoms with Crippen molar-refractivity contribution in [3.8, 4) is 5.69 Å². The molecule has 3 rings (SSSR count). The molecule has 8 heteroatoms. The molecule has 0 unspecified atom stereocenters. The third-order valence-electron chi connectivity index (χ3n) is 3.28. The lowest BCUT2D eigenvalue weighted by molar-refractivity contribution is -0.142. The van der Waals surface area contributed by atoms with Crippen LogP contribution in [0.5, 0.6) is 0 Å². The van der Waals surface area contributed by atoms with Crippen molar-refractivity contribution in [3.05, 3.63) is 70.7 Å². The van der Waals surface area contributed by atoms with E-state index in [2.05, 4.69) is 10.4 Å². The Balaban J connectivity index is 1.71. The fraction of sp³-hybridized carbons (Fsp3) is 0.0588. The van der Waals surface area contributed by atoms with Gasteiger partial charge in [-0.05, 0) is 58.8 Å². The number of alkyl halides is 3. The maximum absolute atomic E-state index is 12.9. The van der Waals surface area contributed by atoms with Gasteiger partial charge in [0.1, 0.15) is 5.69 Å². The number of nitrogens with zero attached hydrogens (tertiary/aromatic N) is 2. The number of carbonyl (C=O) groups is 1. The summed E-state index contributed by atoms with van der Waals surface area (Å²) in [5, 5.41) is 10.2. The molecule has 128 valence electrons. The molecule has 0 saturated carbocycles. The molecular formula is C17H12F3N3OS. The molecule has 2 aromatic heterocycles. The molecule has 0 aliphatic carbocycles. The number of thiophene rings is 1. The second-order valence-corrected chi connectivity index (χ2v) is 5.83. The first kappa shape index (κ1) is 17.0. The second-order valence-electron chi connectivity index (χ2n) is 5.05. The van der Waals surface area contributed by atoms with Crippen LogP contribution in [-0.2, 0) is 11.0 Å². The highest BCUT2D eigenvalue weighted by Crippen LogP contribution is 2.30. The summed E-state index contributed by atoms with van der Waals surface area (Å²) in [5.41, 5.74) is 0.797. The largest absolute Gasteiger partial charge is 0.433 e. The fourth-order valence-corrected chi connectivity index (χ4v) is 2.76. The fourth-order valence-electron chi connectivity index (χ4n) is 2.14. The van der Waals surface area contributed by atoms with E-state index in [4.69, 9.17) is 0 Å². The third kappa shape index (κ3) is 4.16. The van der Waals surface area contributed by atoms with E-state index in [1.807, 2.05) is 16.8 Å². The summed E-state index contributed by atoms with van der Waals surface area (Å²) in [6.45, 7) is 0. The van der Waals surface area contributed by atoms with Gasteiger partial charge in [-0.15, -0.1) is 0 Å². The van der Waals surface area contributed by atoms with E-state index in [0.717, 1.165) is 22.5 Å². The van der Waals surface area contributed by atoms with E-state index in [0.29, 0.717) is 5.69 Å². The van der Waals surface area contributed by atoms with Crippen LogP contribution in [0.4, 0.5) is 18.9 Å². The lowest BCUT2D eigenvalue weighted by atomic mass is 10.2. The van der Waals surface area contributed by atoms with Crippen molar-refractivity contribution in [1.29, 1.82) is 0 Å². The maximum Gasteiger partial charge on any atom is 0.433 e. The molecule has 0 fully saturated rings. The minimum absolute atomic E-state index is 0.254. The molecule has 0 aliphatic rings. The SMILES string of the molecule is O=C(/C=C/c1ccsc1)Nc1ccc(-n2nccc2C(F)(F)F)cc1. The van der Waals surface area contributed by atoms with Crippen molar-refractivity contribution in [2.24, 2.45) is 0 Å². The van der Waals surface area contributed by atoms with Crippen LogP contribution in [0.2, 0.25) is 0 Å². The summed E-state index contributed by atoms with van der Waals surface area (Å²) < 4.78 is 39.5. The molecule has 1 N–H and O–H groups in total. The second kappa shape index (κ2) is 6.94. The van der Waals surface area contributed by atoms with Crippen molar-refractivity contribution in [2.75, 3.05) is 5.32 Å². The van der Waals surface area contributed by atoms with Crippen LogP contribution in [-0.4, -0.2) is 15.7 Å². The molecule has 1 amide bonds. The first-order valence-corrected chi connectivity index (χ1v) is 8.11. The molecule has 3 aromatic rings. The Morgan fingerprint density at radius 1 is 1.16 bits per heavy atom. The van der Waals surface area contributed by atoms with Crippen LogP contribution in [0, 0.1) is 0 Å². The van der Waals surface area contributed by atoms with Crippen molar-refractivity contribution in [1.82, 2.24) is 9.78 Å². The van der Waals surface area contributed by atoms with Crippen LogP contribution >= 0.6 is 11.3 Å². The number of hydrogen-bond acceptors (Lipinski definition) is 3. The Morgan fingerprint density at radius 3 is 2.56 bits per heavy atom. The van der Waals surface area contributed by atoms with Gasteiger partial charge < -0.3 is 5.32 Å². The summed E-state index contributed by atoms with van der Waals surface area (Å²) >= 11 is 1.53. The van der Waals surface area contributed by atoms with E-state index in [9.17, 15) is 18.0 Å². The zero-order chi connectivity index (χ0) is 17.9. The summed E-state index contributed by atoms with van der Waals surface area (Å²) in [4.78, 5) is 11.8. The first-order valence-electron chi connectivity index (χ1n) is 7.16. The van der Waals surface area contributed by atoms with Crippen molar-refractivity contribution in [3.63, 3.8) is 0 Å². The van der Waals surface area contributed by atoms with Crippen molar-refractivity contribution < 1.29 is 18.0 Å². The van der Waals surface area contributed by atoms with E-state index < -0.39 is 11.9 Å². The van der Waals surface area contributed by atoms with Crippen molar-refractivity contribution in [2.45, 2.75) is 6.18 Å². The van der Waals surface area contributed by atoms with Crippen molar-refractivity contribution >= 4 is 29.0 Å². The minimum Gasteiger partial charge on any atom is -0.323 e. The van der Waals surface area contributed by atoms with Gasteiger partial charge in [0.2, 0.25) is 5.91 Å². The van der Waals surface area contributed by atoms with E-state index in [-0.39, 0.29) is 11.6 Å². The van der Waals surface area contributed by atoms with E-state index in [1.165, 1.54) is 41.7 Å². The molecule has 0 saturated heterocycles. The average Bonchev–Trinajstić information content (AvgIpc) is 3.25. The molecule has 0 bridgehead atoms. The number of halogens is 3. The molecule has 0 radical (unpaired) electrons. The summed E-state index contributed by atoms with van der Waals surface area (Å²) in [6, 6.07) is 8.75. The maximum atomic E-state index is 12.9. The molecule has 0 aliphatic heterocycles. The van der Waals surface area contributed by atoms with Gasteiger partial charge in [-0.3, -0.25) is 4.79 Å². The standard InChI is InChI=1S/C17H12F3N3OS/c18-17(19,20)15-7-9-21-23(15)14-4-2-13(3-5-14)22-16(24)6-1-12-8-10-25-11-12/h1-11H,(H,22,24)/b6-1+. The molecule has 2 heterocycles. The number of nitrogens with one attached hydrogen (secondary N) is 1. The Morgan fingerprint density at radius 2 is 1.92 bits per heavy atom. The number of hydrogen-bond donors (Lipinski definition) is 1. The van der Waals surface area contributed by atoms with Crippen LogP contribution < -0.4 is 5.32 Å². The van der Waals surface area contributed by atoms with Crippen LogP contribution in [0.3, 0.4) is 0 Å². The number of anilines is 1. The number of carbonyl (C=O) groups excluding carboxylic acids is 1. The van der Waals surface area contributed by atoms with Gasteiger partial charge in [0.15, 0.2) is 0 Å². The summed E-state index contributed by atoms with van der Waals surface area (Å²) in [7, 11) is 0. The molecule has 25 heavy (non-hydrogen) atoms. The highest BCUT2D eigenvalue weighted by molar-refractivity contribution is 7.08. The van der Waals surface area contributed by atoms with Gasteiger partial charge in [-0.1, -0.05) is 0 Å². The van der Waals surface area contributed by atoms with Gasteiger partial charge in [0, 0.05) is 11.8 Å². The predicted molar refractivity (Wildman–Crippen MR) is 90.5 cm³/mol. The molecular weight excluding hydrogens is 351 g/mol. The Labute approximate surface area is 145 Å². The lowest BCUT2D eigenvalue weighted by Crippen LogP contribution is -2.13. The predicted octanol–water partition coefficient (Wildman–Crippen LogP) is 4.60. The van der Waals surface area contributed by atoms with Crippen LogP contribution in [0.1, 0.15) is 11.3 Å². The van der Waals surface area contributed by atoms with Crippen LogP contribution in [0.15, 0.2) is 59.4 Å². The van der Waals surface area contributed by atoms with Gasteiger partial charge in [0.25, 0.3) is 0 Å². The smallest absolute Gasteiger partial charge is 0.323 e. The highest BCUT2D eigenvalue weighted by atomic mass is 32.1. The van der Waals surface area contributed by atoms with Crippen LogP contribution in [0.25, 0.3) is 11.8 Å². The third-order valence-corrected chi connectivity index (χ3v) is 3.98. The van der Waals surface area contributed by atoms with Gasteiger partial charge in [0.05, 0.1) is 11.9 Å². The number of rotatable bonds is 4. The van der Waals surface area contributed by atoms with E-state index >= 15 is 0 Å². The first-order chi connectivity index (χ1) is 11.9. The highest BCUT2D eigenvalue weighted by Gasteiger charge is 2.35. The zero-order valence-corrected chi connectivity index (χ0v) is 13.5. The average molecular weight is 363 g/mol. The Kier molecular flexibility index (Phi) is 4.71. The summed E-state index contributed by atoms with van der Waals surface area (Å²) in [5.74, 6) is -0.325. The molecule has 1 aromatic carbocycles. The molecule has 0 atom stereocenters. The lowest BCUT2D eigenvalue weighted by Gasteiger charge is -2.11. The monoisotopic (exact) mass is 363 g/mol. The quantitative estimate of drug-likeness (QED) is 0.689. The van der Waals surface area contributed by atoms with Gasteiger partial charge >= 0.3 is 6.18 Å². The normalized spacial score (nSPS) is 11.8. The number of aromatic nitrogens is 2. The minimum atomic E-state index is -4.49. The summed E-state index contributed by atoms with van der Waals surface area (Å²) in [6.07, 6.45) is -0.325. The van der Waals surface area contributed by atoms with E-state index in [1.54, 1.807) is 6.08 Å². The molecule has 0 spiro atoms. The van der Waals surface area contributed by atoms with Gasteiger partial charge in [-0.2, -0.15) is 29.6 Å². The Hall–Kier alpha value is -2.87.